The van der Waals surface area contributed by atoms with Crippen LogP contribution in [-0.4, -0.2) is 4.92 Å². The Morgan fingerprint density at radius 1 is 1.54 bits per heavy atom. The lowest BCUT2D eigenvalue weighted by atomic mass is 10.2. The number of hydrogen-bond donors (Lipinski definition) is 1. The Hall–Kier alpha value is -1.69. The van der Waals surface area contributed by atoms with Crippen molar-refractivity contribution in [2.45, 2.75) is 0 Å². The predicted octanol–water partition coefficient (Wildman–Crippen LogP) is 2.23. The Morgan fingerprint density at radius 2 is 2.15 bits per heavy atom. The summed E-state index contributed by atoms with van der Waals surface area (Å²) < 4.78 is 0. The Bertz CT molecular complexity index is 380. The van der Waals surface area contributed by atoms with Crippen molar-refractivity contribution in [1.29, 1.82) is 0 Å². The third-order valence-corrected chi connectivity index (χ3v) is 1.76. The number of benzene rings is 1. The lowest BCUT2D eigenvalue weighted by molar-refractivity contribution is -0.384. The Labute approximate surface area is 77.4 Å². The summed E-state index contributed by atoms with van der Waals surface area (Å²) in [5, 5.41) is 12.9. The first-order chi connectivity index (χ1) is 6.07. The fourth-order valence-electron chi connectivity index (χ4n) is 0.815. The summed E-state index contributed by atoms with van der Waals surface area (Å²) in [6.45, 7) is 0. The van der Waals surface area contributed by atoms with Crippen LogP contribution in [0.2, 0.25) is 5.02 Å². The van der Waals surface area contributed by atoms with Gasteiger partial charge in [0.2, 0.25) is 5.69 Å². The molecule has 0 fully saturated rings. The molecule has 13 heavy (non-hydrogen) atoms. The van der Waals surface area contributed by atoms with E-state index in [1.54, 1.807) is 0 Å². The second-order valence-electron chi connectivity index (χ2n) is 2.18. The van der Waals surface area contributed by atoms with Crippen LogP contribution in [0, 0.1) is 15.0 Å². The van der Waals surface area contributed by atoms with Gasteiger partial charge < -0.3 is 5.73 Å². The number of nitrogen functional groups attached to an aromatic ring is 1. The molecule has 0 aliphatic rings. The van der Waals surface area contributed by atoms with E-state index in [9.17, 15) is 15.0 Å². The van der Waals surface area contributed by atoms with Crippen LogP contribution in [0.25, 0.3) is 0 Å². The second kappa shape index (κ2) is 3.36. The molecule has 0 amide bonds. The average molecular weight is 202 g/mol. The number of hydrogen-bond acceptors (Lipinski definition) is 5. The molecule has 0 unspecified atom stereocenters. The van der Waals surface area contributed by atoms with Crippen molar-refractivity contribution in [1.82, 2.24) is 0 Å². The van der Waals surface area contributed by atoms with Crippen molar-refractivity contribution >= 4 is 28.7 Å². The van der Waals surface area contributed by atoms with Gasteiger partial charge in [-0.1, -0.05) is 11.6 Å². The van der Waals surface area contributed by atoms with Crippen LogP contribution >= 0.6 is 11.6 Å². The number of nitro benzene ring substituents is 1. The van der Waals surface area contributed by atoms with Crippen molar-refractivity contribution in [2.75, 3.05) is 5.73 Å². The molecule has 6 nitrogen and oxygen atoms in total. The molecule has 0 atom stereocenters. The first kappa shape index (κ1) is 9.40. The molecule has 0 aliphatic carbocycles. The van der Waals surface area contributed by atoms with E-state index in [4.69, 9.17) is 17.3 Å². The van der Waals surface area contributed by atoms with Crippen LogP contribution in [-0.2, 0) is 0 Å². The minimum Gasteiger partial charge on any atom is -0.395 e. The number of nitroso groups, excluding NO2 is 1. The zero-order chi connectivity index (χ0) is 10.0. The molecule has 0 saturated carbocycles. The zero-order valence-electron chi connectivity index (χ0n) is 6.23. The molecule has 0 heterocycles. The van der Waals surface area contributed by atoms with Crippen molar-refractivity contribution in [2.24, 2.45) is 5.18 Å². The van der Waals surface area contributed by atoms with Gasteiger partial charge in [0, 0.05) is 6.07 Å². The van der Waals surface area contributed by atoms with Crippen LogP contribution in [0.1, 0.15) is 0 Å². The van der Waals surface area contributed by atoms with Crippen LogP contribution in [0.5, 0.6) is 0 Å². The van der Waals surface area contributed by atoms with E-state index in [1.165, 1.54) is 6.07 Å². The number of nitrogens with two attached hydrogens (primary N) is 1. The lowest BCUT2D eigenvalue weighted by Crippen LogP contribution is -1.93. The van der Waals surface area contributed by atoms with Crippen LogP contribution in [0.15, 0.2) is 17.3 Å². The van der Waals surface area contributed by atoms with Gasteiger partial charge >= 0.3 is 5.69 Å². The molecule has 0 aromatic heterocycles. The molecule has 1 rings (SSSR count). The third kappa shape index (κ3) is 1.57. The number of anilines is 1. The fraction of sp³-hybridized carbons (Fsp3) is 0. The van der Waals surface area contributed by atoms with Gasteiger partial charge in [0.25, 0.3) is 0 Å². The molecule has 7 heteroatoms. The quantitative estimate of drug-likeness (QED) is 0.343. The molecule has 0 spiro atoms. The molecule has 0 radical (unpaired) electrons. The van der Waals surface area contributed by atoms with Gasteiger partial charge in [-0.3, -0.25) is 10.1 Å². The van der Waals surface area contributed by atoms with Gasteiger partial charge in [-0.15, -0.1) is 4.91 Å². The monoisotopic (exact) mass is 201 g/mol. The minimum absolute atomic E-state index is 0.0696. The Balaban J connectivity index is 3.47. The van der Waals surface area contributed by atoms with Crippen molar-refractivity contribution < 1.29 is 4.92 Å². The number of nitrogens with zero attached hydrogens (tertiary/aromatic N) is 2. The highest BCUT2D eigenvalue weighted by atomic mass is 35.5. The Morgan fingerprint density at radius 3 is 2.62 bits per heavy atom. The van der Waals surface area contributed by atoms with E-state index < -0.39 is 16.3 Å². The molecule has 0 aliphatic heterocycles. The summed E-state index contributed by atoms with van der Waals surface area (Å²) in [6.07, 6.45) is 0. The third-order valence-electron chi connectivity index (χ3n) is 1.43. The highest BCUT2D eigenvalue weighted by molar-refractivity contribution is 6.33. The molecule has 1 aromatic carbocycles. The zero-order valence-corrected chi connectivity index (χ0v) is 6.99. The van der Waals surface area contributed by atoms with Crippen molar-refractivity contribution in [3.05, 3.63) is 32.2 Å². The maximum Gasteiger partial charge on any atom is 0.300 e. The maximum atomic E-state index is 10.4. The van der Waals surface area contributed by atoms with Crippen molar-refractivity contribution in [3.63, 3.8) is 0 Å². The molecular formula is C6H4ClN3O3. The Kier molecular flexibility index (Phi) is 2.43. The van der Waals surface area contributed by atoms with E-state index in [1.807, 2.05) is 0 Å². The summed E-state index contributed by atoms with van der Waals surface area (Å²) in [5.41, 5.74) is 4.25. The van der Waals surface area contributed by atoms with Crippen LogP contribution in [0.4, 0.5) is 17.1 Å². The number of rotatable bonds is 2. The van der Waals surface area contributed by atoms with E-state index >= 15 is 0 Å². The summed E-state index contributed by atoms with van der Waals surface area (Å²) in [5.74, 6) is 0. The van der Waals surface area contributed by atoms with E-state index in [0.29, 0.717) is 0 Å². The maximum absolute atomic E-state index is 10.4. The second-order valence-corrected chi connectivity index (χ2v) is 2.58. The van der Waals surface area contributed by atoms with Gasteiger partial charge in [0.05, 0.1) is 15.6 Å². The molecule has 0 bridgehead atoms. The largest absolute Gasteiger partial charge is 0.395 e. The topological polar surface area (TPSA) is 98.6 Å². The first-order valence-electron chi connectivity index (χ1n) is 3.13. The molecule has 0 saturated heterocycles. The van der Waals surface area contributed by atoms with Gasteiger partial charge in [-0.05, 0) is 11.2 Å². The summed E-state index contributed by atoms with van der Waals surface area (Å²) in [4.78, 5) is 19.8. The summed E-state index contributed by atoms with van der Waals surface area (Å²) >= 11 is 5.52. The summed E-state index contributed by atoms with van der Waals surface area (Å²) in [6, 6.07) is 2.32. The number of nitro groups is 1. The van der Waals surface area contributed by atoms with E-state index in [0.717, 1.165) is 6.07 Å². The lowest BCUT2D eigenvalue weighted by Gasteiger charge is -1.99. The highest BCUT2D eigenvalue weighted by Gasteiger charge is 2.19. The smallest absolute Gasteiger partial charge is 0.300 e. The van der Waals surface area contributed by atoms with Gasteiger partial charge in [0.15, 0.2) is 0 Å². The molecule has 68 valence electrons. The fourth-order valence-corrected chi connectivity index (χ4v) is 0.968. The molecule has 1 aromatic rings. The normalized spacial score (nSPS) is 9.62. The first-order valence-corrected chi connectivity index (χ1v) is 3.51. The van der Waals surface area contributed by atoms with Gasteiger partial charge in [-0.2, -0.15) is 0 Å². The van der Waals surface area contributed by atoms with Crippen LogP contribution < -0.4 is 5.73 Å². The highest BCUT2D eigenvalue weighted by Crippen LogP contribution is 2.37. The number of halogens is 1. The standard InChI is InChI=1S/C6H4ClN3O3/c7-3-1-2-4(10(12)13)6(9-11)5(3)8/h1-2H,8H2. The van der Waals surface area contributed by atoms with Crippen molar-refractivity contribution in [3.8, 4) is 0 Å². The average Bonchev–Trinajstić information content (AvgIpc) is 2.09. The van der Waals surface area contributed by atoms with E-state index in [2.05, 4.69) is 5.18 Å². The van der Waals surface area contributed by atoms with Crippen LogP contribution in [0.3, 0.4) is 0 Å². The SMILES string of the molecule is Nc1c(Cl)ccc([N+](=O)[O-])c1N=O. The predicted molar refractivity (Wildman–Crippen MR) is 48.0 cm³/mol. The molecular weight excluding hydrogens is 198 g/mol. The minimum atomic E-state index is -0.747. The molecule has 2 N–H and O–H groups in total. The van der Waals surface area contributed by atoms with Gasteiger partial charge in [-0.25, -0.2) is 0 Å². The van der Waals surface area contributed by atoms with Gasteiger partial charge in [0.1, 0.15) is 0 Å². The van der Waals surface area contributed by atoms with E-state index in [-0.39, 0.29) is 10.7 Å². The summed E-state index contributed by atoms with van der Waals surface area (Å²) in [7, 11) is 0.